The smallest absolute Gasteiger partial charge is 0.234 e. The fourth-order valence-electron chi connectivity index (χ4n) is 2.86. The van der Waals surface area contributed by atoms with E-state index in [0.717, 1.165) is 27.9 Å². The van der Waals surface area contributed by atoms with Gasteiger partial charge in [0.25, 0.3) is 0 Å². The highest BCUT2D eigenvalue weighted by Crippen LogP contribution is 2.22. The summed E-state index contributed by atoms with van der Waals surface area (Å²) in [5.41, 5.74) is 3.09. The summed E-state index contributed by atoms with van der Waals surface area (Å²) in [5.74, 6) is 1.59. The molecule has 6 nitrogen and oxygen atoms in total. The lowest BCUT2D eigenvalue weighted by Crippen LogP contribution is -2.15. The number of aryl methyl sites for hydroxylation is 2. The number of ether oxygens (including phenoxy) is 1. The Morgan fingerprint density at radius 3 is 2.71 bits per heavy atom. The van der Waals surface area contributed by atoms with E-state index in [1.807, 2.05) is 41.8 Å². The van der Waals surface area contributed by atoms with Gasteiger partial charge in [0.05, 0.1) is 5.75 Å². The Morgan fingerprint density at radius 1 is 1.26 bits per heavy atom. The normalized spacial score (nSPS) is 10.7. The maximum absolute atomic E-state index is 12.4. The Labute approximate surface area is 195 Å². The zero-order valence-electron chi connectivity index (χ0n) is 17.6. The van der Waals surface area contributed by atoms with Crippen LogP contribution in [-0.4, -0.2) is 26.4 Å². The number of anilines is 1. The number of carbonyl (C=O) groups is 1. The zero-order valence-corrected chi connectivity index (χ0v) is 20.0. The molecule has 0 saturated heterocycles. The van der Waals surface area contributed by atoms with Crippen molar-refractivity contribution < 1.29 is 9.53 Å². The monoisotopic (exact) mass is 500 g/mol. The second-order valence-electron chi connectivity index (χ2n) is 6.89. The van der Waals surface area contributed by atoms with Crippen LogP contribution in [0.3, 0.4) is 0 Å². The summed E-state index contributed by atoms with van der Waals surface area (Å²) in [6.07, 6.45) is 2.77. The van der Waals surface area contributed by atoms with E-state index in [2.05, 4.69) is 57.1 Å². The average Bonchev–Trinajstić information content (AvgIpc) is 3.15. The zero-order chi connectivity index (χ0) is 22.2. The average molecular weight is 501 g/mol. The van der Waals surface area contributed by atoms with Crippen LogP contribution < -0.4 is 10.1 Å². The molecule has 0 fully saturated rings. The van der Waals surface area contributed by atoms with Crippen LogP contribution in [-0.2, 0) is 24.4 Å². The van der Waals surface area contributed by atoms with E-state index in [1.54, 1.807) is 6.08 Å². The molecule has 0 spiro atoms. The van der Waals surface area contributed by atoms with E-state index in [1.165, 1.54) is 17.3 Å². The lowest BCUT2D eigenvalue weighted by Gasteiger charge is -2.10. The van der Waals surface area contributed by atoms with Gasteiger partial charge in [-0.1, -0.05) is 52.8 Å². The number of halogens is 1. The minimum Gasteiger partial charge on any atom is -0.486 e. The highest BCUT2D eigenvalue weighted by molar-refractivity contribution is 9.10. The number of thioether (sulfide) groups is 1. The van der Waals surface area contributed by atoms with E-state index < -0.39 is 0 Å². The molecular formula is C23H25BrN4O2S. The van der Waals surface area contributed by atoms with Crippen molar-refractivity contribution in [3.05, 3.63) is 76.5 Å². The molecule has 3 rings (SSSR count). The number of nitrogens with one attached hydrogen (secondary N) is 1. The summed E-state index contributed by atoms with van der Waals surface area (Å²) in [6, 6.07) is 13.7. The van der Waals surface area contributed by atoms with E-state index in [4.69, 9.17) is 4.74 Å². The molecule has 0 unspecified atom stereocenters. The first kappa shape index (κ1) is 23.1. The topological polar surface area (TPSA) is 69.0 Å². The Bertz CT molecular complexity index is 1050. The van der Waals surface area contributed by atoms with Gasteiger partial charge in [0.15, 0.2) is 11.0 Å². The van der Waals surface area contributed by atoms with Crippen molar-refractivity contribution in [3.63, 3.8) is 0 Å². The molecule has 8 heteroatoms. The van der Waals surface area contributed by atoms with Crippen molar-refractivity contribution in [1.82, 2.24) is 14.8 Å². The predicted octanol–water partition coefficient (Wildman–Crippen LogP) is 5.41. The number of benzene rings is 2. The third-order valence-corrected chi connectivity index (χ3v) is 6.44. The second-order valence-corrected chi connectivity index (χ2v) is 8.68. The molecular weight excluding hydrogens is 476 g/mol. The van der Waals surface area contributed by atoms with Crippen molar-refractivity contribution >= 4 is 39.3 Å². The Hall–Kier alpha value is -2.58. The van der Waals surface area contributed by atoms with Crippen LogP contribution in [0.4, 0.5) is 5.69 Å². The summed E-state index contributed by atoms with van der Waals surface area (Å²) in [4.78, 5) is 12.4. The van der Waals surface area contributed by atoms with Crippen LogP contribution in [0, 0.1) is 6.92 Å². The van der Waals surface area contributed by atoms with Gasteiger partial charge in [0, 0.05) is 16.7 Å². The molecule has 0 radical (unpaired) electrons. The molecule has 0 aliphatic carbocycles. The van der Waals surface area contributed by atoms with Crippen LogP contribution in [0.2, 0.25) is 0 Å². The molecule has 1 heterocycles. The van der Waals surface area contributed by atoms with Crippen molar-refractivity contribution in [1.29, 1.82) is 0 Å². The van der Waals surface area contributed by atoms with Crippen LogP contribution in [0.25, 0.3) is 0 Å². The van der Waals surface area contributed by atoms with E-state index in [9.17, 15) is 4.79 Å². The highest BCUT2D eigenvalue weighted by Gasteiger charge is 2.14. The number of aromatic nitrogens is 3. The molecule has 1 amide bonds. The number of amides is 1. The Morgan fingerprint density at radius 2 is 2.03 bits per heavy atom. The summed E-state index contributed by atoms with van der Waals surface area (Å²) in [5, 5.41) is 12.1. The summed E-state index contributed by atoms with van der Waals surface area (Å²) in [6.45, 7) is 8.74. The molecule has 3 aromatic rings. The number of hydrogen-bond donors (Lipinski definition) is 1. The summed E-state index contributed by atoms with van der Waals surface area (Å²) < 4.78 is 8.79. The van der Waals surface area contributed by atoms with Gasteiger partial charge in [-0.05, 0) is 54.8 Å². The van der Waals surface area contributed by atoms with Gasteiger partial charge in [0.2, 0.25) is 5.91 Å². The molecule has 0 atom stereocenters. The third-order valence-electron chi connectivity index (χ3n) is 4.58. The Kier molecular flexibility index (Phi) is 8.31. The van der Waals surface area contributed by atoms with Crippen LogP contribution in [0.5, 0.6) is 5.75 Å². The first-order valence-corrected chi connectivity index (χ1v) is 11.7. The molecule has 0 bridgehead atoms. The number of carbonyl (C=O) groups excluding carboxylic acids is 1. The minimum atomic E-state index is -0.103. The van der Waals surface area contributed by atoms with Crippen LogP contribution in [0.15, 0.2) is 64.7 Å². The van der Waals surface area contributed by atoms with Gasteiger partial charge in [-0.15, -0.1) is 16.8 Å². The summed E-state index contributed by atoms with van der Waals surface area (Å²) in [7, 11) is 0. The fourth-order valence-corrected chi connectivity index (χ4v) is 3.88. The second kappa shape index (κ2) is 11.2. The molecule has 162 valence electrons. The number of nitrogens with zero attached hydrogens (tertiary/aromatic N) is 3. The van der Waals surface area contributed by atoms with Gasteiger partial charge in [-0.25, -0.2) is 0 Å². The molecule has 2 aromatic carbocycles. The third kappa shape index (κ3) is 6.45. The highest BCUT2D eigenvalue weighted by atomic mass is 79.9. The van der Waals surface area contributed by atoms with Gasteiger partial charge >= 0.3 is 0 Å². The van der Waals surface area contributed by atoms with Crippen molar-refractivity contribution in [2.24, 2.45) is 0 Å². The quantitative estimate of drug-likeness (QED) is 0.297. The van der Waals surface area contributed by atoms with Crippen molar-refractivity contribution in [3.8, 4) is 5.75 Å². The molecule has 0 aliphatic rings. The van der Waals surface area contributed by atoms with Gasteiger partial charge < -0.3 is 10.1 Å². The van der Waals surface area contributed by atoms with Gasteiger partial charge in [-0.2, -0.15) is 0 Å². The number of rotatable bonds is 10. The lowest BCUT2D eigenvalue weighted by atomic mass is 10.2. The first-order chi connectivity index (χ1) is 15.0. The molecule has 0 aliphatic heterocycles. The fraction of sp³-hybridized carbons (Fsp3) is 0.261. The standard InChI is InChI=1S/C23H25BrN4O2S/c1-4-12-28-21(14-30-19-9-6-17(5-2)7-10-19)26-27-23(28)31-15-22(29)25-18-8-11-20(24)16(3)13-18/h4,6-11,13H,1,5,12,14-15H2,2-3H3,(H,25,29). The lowest BCUT2D eigenvalue weighted by molar-refractivity contribution is -0.113. The minimum absolute atomic E-state index is 0.103. The predicted molar refractivity (Wildman–Crippen MR) is 129 cm³/mol. The molecule has 31 heavy (non-hydrogen) atoms. The molecule has 1 N–H and O–H groups in total. The summed E-state index contributed by atoms with van der Waals surface area (Å²) >= 11 is 4.80. The molecule has 1 aromatic heterocycles. The largest absolute Gasteiger partial charge is 0.486 e. The van der Waals surface area contributed by atoms with Crippen LogP contribution >= 0.6 is 27.7 Å². The Balaban J connectivity index is 1.60. The van der Waals surface area contributed by atoms with E-state index >= 15 is 0 Å². The maximum Gasteiger partial charge on any atom is 0.234 e. The maximum atomic E-state index is 12.4. The number of hydrogen-bond acceptors (Lipinski definition) is 5. The molecule has 0 saturated carbocycles. The SMILES string of the molecule is C=CCn1c(COc2ccc(CC)cc2)nnc1SCC(=O)Nc1ccc(Br)c(C)c1. The van der Waals surface area contributed by atoms with Crippen molar-refractivity contribution in [2.75, 3.05) is 11.1 Å². The van der Waals surface area contributed by atoms with Gasteiger partial charge in [-0.3, -0.25) is 9.36 Å². The van der Waals surface area contributed by atoms with Crippen molar-refractivity contribution in [2.45, 2.75) is 38.6 Å². The van der Waals surface area contributed by atoms with Gasteiger partial charge in [0.1, 0.15) is 12.4 Å². The van der Waals surface area contributed by atoms with E-state index in [0.29, 0.717) is 17.5 Å². The first-order valence-electron chi connectivity index (χ1n) is 9.93. The van der Waals surface area contributed by atoms with Crippen LogP contribution in [0.1, 0.15) is 23.9 Å². The van der Waals surface area contributed by atoms with E-state index in [-0.39, 0.29) is 18.3 Å². The number of allylic oxidation sites excluding steroid dienone is 1.